The second kappa shape index (κ2) is 3.92. The minimum absolute atomic E-state index is 0.0324. The van der Waals surface area contributed by atoms with Crippen molar-refractivity contribution in [2.75, 3.05) is 6.61 Å². The minimum atomic E-state index is -0.156. The van der Waals surface area contributed by atoms with Crippen molar-refractivity contribution < 1.29 is 9.53 Å². The lowest BCUT2D eigenvalue weighted by Crippen LogP contribution is -2.30. The van der Waals surface area contributed by atoms with Gasteiger partial charge >= 0.3 is 5.97 Å². The molecule has 1 aliphatic heterocycles. The second-order valence-electron chi connectivity index (χ2n) is 3.58. The van der Waals surface area contributed by atoms with Crippen molar-refractivity contribution >= 4 is 5.97 Å². The van der Waals surface area contributed by atoms with Crippen molar-refractivity contribution in [3.8, 4) is 0 Å². The second-order valence-corrected chi connectivity index (χ2v) is 3.58. The van der Waals surface area contributed by atoms with Gasteiger partial charge in [-0.1, -0.05) is 13.8 Å². The van der Waals surface area contributed by atoms with Gasteiger partial charge in [0.25, 0.3) is 0 Å². The average molecular weight is 170 g/mol. The molecule has 70 valence electrons. The van der Waals surface area contributed by atoms with E-state index in [9.17, 15) is 4.79 Å². The predicted octanol–water partition coefficient (Wildman–Crippen LogP) is 2.52. The van der Waals surface area contributed by atoms with E-state index < -0.39 is 0 Å². The third-order valence-corrected chi connectivity index (χ3v) is 3.07. The van der Waals surface area contributed by atoms with E-state index in [0.717, 1.165) is 32.1 Å². The van der Waals surface area contributed by atoms with Gasteiger partial charge in [-0.15, -0.1) is 0 Å². The molecular formula is C10H18O2. The number of hydrogen-bond acceptors (Lipinski definition) is 2. The molecule has 1 fully saturated rings. The standard InChI is InChI=1S/C10H18O2/c1-3-10(4-2)7-5-6-8-12-9(10)11/h3-8H2,1-2H3. The van der Waals surface area contributed by atoms with Crippen LogP contribution in [0.5, 0.6) is 0 Å². The van der Waals surface area contributed by atoms with Gasteiger partial charge in [-0.05, 0) is 32.1 Å². The van der Waals surface area contributed by atoms with Gasteiger partial charge in [0, 0.05) is 0 Å². The zero-order valence-corrected chi connectivity index (χ0v) is 8.06. The molecule has 0 amide bonds. The first-order valence-electron chi connectivity index (χ1n) is 4.92. The lowest BCUT2D eigenvalue weighted by Gasteiger charge is -2.26. The zero-order chi connectivity index (χ0) is 9.03. The zero-order valence-electron chi connectivity index (χ0n) is 8.06. The fourth-order valence-corrected chi connectivity index (χ4v) is 1.88. The van der Waals surface area contributed by atoms with Crippen LogP contribution in [0.1, 0.15) is 46.0 Å². The SMILES string of the molecule is CCC1(CC)CCCCOC1=O. The first-order valence-corrected chi connectivity index (χ1v) is 4.92. The molecule has 2 heteroatoms. The van der Waals surface area contributed by atoms with Gasteiger partial charge in [0.05, 0.1) is 12.0 Å². The summed E-state index contributed by atoms with van der Waals surface area (Å²) in [4.78, 5) is 11.6. The number of cyclic esters (lactones) is 1. The molecule has 0 aliphatic carbocycles. The van der Waals surface area contributed by atoms with Crippen LogP contribution in [0.15, 0.2) is 0 Å². The largest absolute Gasteiger partial charge is 0.465 e. The summed E-state index contributed by atoms with van der Waals surface area (Å²) in [5.74, 6) is 0.0324. The lowest BCUT2D eigenvalue weighted by molar-refractivity contribution is -0.155. The van der Waals surface area contributed by atoms with Gasteiger partial charge in [-0.2, -0.15) is 0 Å². The van der Waals surface area contributed by atoms with Crippen molar-refractivity contribution in [2.24, 2.45) is 5.41 Å². The van der Waals surface area contributed by atoms with Crippen molar-refractivity contribution in [3.63, 3.8) is 0 Å². The molecular weight excluding hydrogens is 152 g/mol. The molecule has 0 aromatic carbocycles. The van der Waals surface area contributed by atoms with E-state index in [1.54, 1.807) is 0 Å². The molecule has 0 atom stereocenters. The summed E-state index contributed by atoms with van der Waals surface area (Å²) in [5.41, 5.74) is -0.156. The van der Waals surface area contributed by atoms with Crippen LogP contribution < -0.4 is 0 Å². The fourth-order valence-electron chi connectivity index (χ4n) is 1.88. The number of ether oxygens (including phenoxy) is 1. The number of carbonyl (C=O) groups excluding carboxylic acids is 1. The van der Waals surface area contributed by atoms with Gasteiger partial charge in [0.15, 0.2) is 0 Å². The quantitative estimate of drug-likeness (QED) is 0.595. The maximum absolute atomic E-state index is 11.6. The Kier molecular flexibility index (Phi) is 3.12. The molecule has 0 N–H and O–H groups in total. The van der Waals surface area contributed by atoms with E-state index in [4.69, 9.17) is 4.74 Å². The van der Waals surface area contributed by atoms with E-state index in [0.29, 0.717) is 6.61 Å². The van der Waals surface area contributed by atoms with Crippen LogP contribution in [0.4, 0.5) is 0 Å². The fraction of sp³-hybridized carbons (Fsp3) is 0.900. The highest BCUT2D eigenvalue weighted by molar-refractivity contribution is 5.76. The number of esters is 1. The van der Waals surface area contributed by atoms with Gasteiger partial charge in [0.2, 0.25) is 0 Å². The van der Waals surface area contributed by atoms with E-state index >= 15 is 0 Å². The van der Waals surface area contributed by atoms with E-state index in [1.807, 2.05) is 0 Å². The van der Waals surface area contributed by atoms with Crippen LogP contribution in [0, 0.1) is 5.41 Å². The normalized spacial score (nSPS) is 23.0. The maximum atomic E-state index is 11.6. The summed E-state index contributed by atoms with van der Waals surface area (Å²) in [6, 6.07) is 0. The summed E-state index contributed by atoms with van der Waals surface area (Å²) < 4.78 is 5.16. The van der Waals surface area contributed by atoms with Crippen LogP contribution >= 0.6 is 0 Å². The highest BCUT2D eigenvalue weighted by atomic mass is 16.5. The third kappa shape index (κ3) is 1.62. The number of rotatable bonds is 2. The molecule has 0 unspecified atom stereocenters. The predicted molar refractivity (Wildman–Crippen MR) is 47.8 cm³/mol. The molecule has 12 heavy (non-hydrogen) atoms. The molecule has 0 radical (unpaired) electrons. The van der Waals surface area contributed by atoms with Crippen molar-refractivity contribution in [2.45, 2.75) is 46.0 Å². The average Bonchev–Trinajstić information content (AvgIpc) is 2.28. The Labute approximate surface area is 74.3 Å². The Hall–Kier alpha value is -0.530. The first-order chi connectivity index (χ1) is 5.75. The van der Waals surface area contributed by atoms with Crippen LogP contribution in [0.3, 0.4) is 0 Å². The first kappa shape index (κ1) is 9.56. The van der Waals surface area contributed by atoms with Crippen LogP contribution in [-0.4, -0.2) is 12.6 Å². The van der Waals surface area contributed by atoms with Gasteiger partial charge in [0.1, 0.15) is 0 Å². The lowest BCUT2D eigenvalue weighted by atomic mass is 9.78. The Morgan fingerprint density at radius 3 is 2.58 bits per heavy atom. The summed E-state index contributed by atoms with van der Waals surface area (Å²) in [6.45, 7) is 4.78. The molecule has 0 aromatic heterocycles. The van der Waals surface area contributed by atoms with Gasteiger partial charge in [-0.3, -0.25) is 4.79 Å². The topological polar surface area (TPSA) is 26.3 Å². The molecule has 0 aromatic rings. The third-order valence-electron chi connectivity index (χ3n) is 3.07. The van der Waals surface area contributed by atoms with Crippen LogP contribution in [0.2, 0.25) is 0 Å². The van der Waals surface area contributed by atoms with Crippen LogP contribution in [0.25, 0.3) is 0 Å². The molecule has 1 saturated heterocycles. The smallest absolute Gasteiger partial charge is 0.312 e. The minimum Gasteiger partial charge on any atom is -0.465 e. The number of hydrogen-bond donors (Lipinski definition) is 0. The van der Waals surface area contributed by atoms with Crippen LogP contribution in [-0.2, 0) is 9.53 Å². The summed E-state index contributed by atoms with van der Waals surface area (Å²) in [7, 11) is 0. The maximum Gasteiger partial charge on any atom is 0.312 e. The molecule has 0 spiro atoms. The molecule has 0 bridgehead atoms. The van der Waals surface area contributed by atoms with Crippen molar-refractivity contribution in [3.05, 3.63) is 0 Å². The summed E-state index contributed by atoms with van der Waals surface area (Å²) >= 11 is 0. The highest BCUT2D eigenvalue weighted by Crippen LogP contribution is 2.35. The van der Waals surface area contributed by atoms with E-state index in [2.05, 4.69) is 13.8 Å². The van der Waals surface area contributed by atoms with Crippen molar-refractivity contribution in [1.29, 1.82) is 0 Å². The summed E-state index contributed by atoms with van der Waals surface area (Å²) in [6.07, 6.45) is 5.02. The van der Waals surface area contributed by atoms with Gasteiger partial charge in [-0.25, -0.2) is 0 Å². The molecule has 1 rings (SSSR count). The Balaban J connectivity index is 2.73. The molecule has 1 aliphatic rings. The number of carbonyl (C=O) groups is 1. The monoisotopic (exact) mass is 170 g/mol. The Morgan fingerprint density at radius 1 is 1.33 bits per heavy atom. The molecule has 0 saturated carbocycles. The Bertz CT molecular complexity index is 159. The molecule has 2 nitrogen and oxygen atoms in total. The van der Waals surface area contributed by atoms with Crippen molar-refractivity contribution in [1.82, 2.24) is 0 Å². The van der Waals surface area contributed by atoms with E-state index in [1.165, 1.54) is 0 Å². The van der Waals surface area contributed by atoms with E-state index in [-0.39, 0.29) is 11.4 Å². The Morgan fingerprint density at radius 2 is 2.00 bits per heavy atom. The van der Waals surface area contributed by atoms with Gasteiger partial charge < -0.3 is 4.74 Å². The molecule has 1 heterocycles. The summed E-state index contributed by atoms with van der Waals surface area (Å²) in [5, 5.41) is 0. The highest BCUT2D eigenvalue weighted by Gasteiger charge is 2.37.